The van der Waals surface area contributed by atoms with Crippen LogP contribution in [0.25, 0.3) is 0 Å². The van der Waals surface area contributed by atoms with E-state index < -0.39 is 0 Å². The molecule has 0 fully saturated rings. The molecule has 0 spiro atoms. The van der Waals surface area contributed by atoms with Crippen LogP contribution in [0, 0.1) is 0 Å². The van der Waals surface area contributed by atoms with E-state index in [0.29, 0.717) is 6.04 Å². The number of hydrogen-bond donors (Lipinski definition) is 1. The Balaban J connectivity index is 2.19. The van der Waals surface area contributed by atoms with E-state index in [2.05, 4.69) is 30.3 Å². The Morgan fingerprint density at radius 2 is 2.20 bits per heavy atom. The first-order valence-electron chi connectivity index (χ1n) is 5.45. The van der Waals surface area contributed by atoms with Crippen LogP contribution >= 0.6 is 0 Å². The van der Waals surface area contributed by atoms with Crippen LogP contribution in [0.2, 0.25) is 0 Å². The Bertz CT molecular complexity index is 280. The summed E-state index contributed by atoms with van der Waals surface area (Å²) < 4.78 is 1.83. The predicted octanol–water partition coefficient (Wildman–Crippen LogP) is 0.632. The topological polar surface area (TPSA) is 47.1 Å². The molecular formula is C11H22N4. The minimum Gasteiger partial charge on any atom is -0.328 e. The van der Waals surface area contributed by atoms with Crippen molar-refractivity contribution in [2.75, 3.05) is 20.6 Å². The van der Waals surface area contributed by atoms with Gasteiger partial charge in [0.1, 0.15) is 0 Å². The molecule has 1 heterocycles. The molecule has 1 atom stereocenters. The fourth-order valence-corrected chi connectivity index (χ4v) is 1.52. The molecule has 0 aliphatic heterocycles. The highest BCUT2D eigenvalue weighted by molar-refractivity contribution is 5.03. The summed E-state index contributed by atoms with van der Waals surface area (Å²) >= 11 is 0. The molecule has 4 heteroatoms. The Kier molecular flexibility index (Phi) is 4.78. The molecule has 1 unspecified atom stereocenters. The molecule has 0 aromatic carbocycles. The molecule has 4 nitrogen and oxygen atoms in total. The van der Waals surface area contributed by atoms with E-state index in [-0.39, 0.29) is 0 Å². The monoisotopic (exact) mass is 210 g/mol. The van der Waals surface area contributed by atoms with Gasteiger partial charge in [0.05, 0.1) is 6.20 Å². The van der Waals surface area contributed by atoms with Crippen LogP contribution in [0.1, 0.15) is 18.4 Å². The summed E-state index contributed by atoms with van der Waals surface area (Å²) in [5.41, 5.74) is 7.30. The van der Waals surface area contributed by atoms with Crippen LogP contribution in [0.3, 0.4) is 0 Å². The molecule has 0 aliphatic rings. The molecule has 2 N–H and O–H groups in total. The first-order chi connectivity index (χ1) is 7.08. The smallest absolute Gasteiger partial charge is 0.0521 e. The van der Waals surface area contributed by atoms with Crippen molar-refractivity contribution in [3.05, 3.63) is 18.0 Å². The molecule has 0 amide bonds. The van der Waals surface area contributed by atoms with Gasteiger partial charge in [-0.3, -0.25) is 4.68 Å². The molecule has 0 saturated carbocycles. The third-order valence-corrected chi connectivity index (χ3v) is 2.51. The van der Waals surface area contributed by atoms with Gasteiger partial charge < -0.3 is 10.6 Å². The van der Waals surface area contributed by atoms with E-state index in [9.17, 15) is 0 Å². The van der Waals surface area contributed by atoms with Crippen LogP contribution in [0.4, 0.5) is 0 Å². The summed E-state index contributed by atoms with van der Waals surface area (Å²) in [7, 11) is 6.09. The average molecular weight is 210 g/mol. The molecule has 1 aromatic heterocycles. The number of nitrogens with zero attached hydrogens (tertiary/aromatic N) is 3. The van der Waals surface area contributed by atoms with Crippen molar-refractivity contribution in [1.29, 1.82) is 0 Å². The summed E-state index contributed by atoms with van der Waals surface area (Å²) in [6.07, 6.45) is 7.10. The largest absolute Gasteiger partial charge is 0.328 e. The zero-order chi connectivity index (χ0) is 11.3. The lowest BCUT2D eigenvalue weighted by atomic mass is 10.1. The number of nitrogens with two attached hydrogens (primary N) is 1. The molecule has 86 valence electrons. The van der Waals surface area contributed by atoms with Gasteiger partial charge in [0.25, 0.3) is 0 Å². The normalized spacial score (nSPS) is 13.4. The van der Waals surface area contributed by atoms with Gasteiger partial charge in [0, 0.05) is 19.3 Å². The molecule has 0 bridgehead atoms. The lowest BCUT2D eigenvalue weighted by Crippen LogP contribution is -2.26. The third kappa shape index (κ3) is 4.95. The Morgan fingerprint density at radius 3 is 2.73 bits per heavy atom. The van der Waals surface area contributed by atoms with Crippen molar-refractivity contribution in [2.24, 2.45) is 12.8 Å². The SMILES string of the molecule is CN(C)CCC(N)CCc1cnn(C)c1. The fourth-order valence-electron chi connectivity index (χ4n) is 1.52. The van der Waals surface area contributed by atoms with Gasteiger partial charge in [-0.05, 0) is 45.5 Å². The Hall–Kier alpha value is -0.870. The number of aryl methyl sites for hydroxylation is 2. The lowest BCUT2D eigenvalue weighted by Gasteiger charge is -2.14. The molecule has 15 heavy (non-hydrogen) atoms. The van der Waals surface area contributed by atoms with E-state index in [1.807, 2.05) is 17.9 Å². The van der Waals surface area contributed by atoms with E-state index in [0.717, 1.165) is 25.8 Å². The van der Waals surface area contributed by atoms with Gasteiger partial charge in [0.15, 0.2) is 0 Å². The van der Waals surface area contributed by atoms with Crippen LogP contribution < -0.4 is 5.73 Å². The van der Waals surface area contributed by atoms with E-state index in [1.165, 1.54) is 5.56 Å². The lowest BCUT2D eigenvalue weighted by molar-refractivity contribution is 0.375. The maximum atomic E-state index is 6.02. The number of aromatic nitrogens is 2. The second-order valence-corrected chi connectivity index (χ2v) is 4.41. The summed E-state index contributed by atoms with van der Waals surface area (Å²) in [4.78, 5) is 2.17. The van der Waals surface area contributed by atoms with Crippen molar-refractivity contribution in [3.63, 3.8) is 0 Å². The van der Waals surface area contributed by atoms with E-state index >= 15 is 0 Å². The summed E-state index contributed by atoms with van der Waals surface area (Å²) in [5, 5.41) is 4.14. The maximum Gasteiger partial charge on any atom is 0.0521 e. The number of rotatable bonds is 6. The molecular weight excluding hydrogens is 188 g/mol. The maximum absolute atomic E-state index is 6.02. The molecule has 1 rings (SSSR count). The Morgan fingerprint density at radius 1 is 1.47 bits per heavy atom. The second-order valence-electron chi connectivity index (χ2n) is 4.41. The van der Waals surface area contributed by atoms with Crippen LogP contribution in [-0.4, -0.2) is 41.4 Å². The fraction of sp³-hybridized carbons (Fsp3) is 0.727. The van der Waals surface area contributed by atoms with Crippen LogP contribution in [0.15, 0.2) is 12.4 Å². The van der Waals surface area contributed by atoms with Gasteiger partial charge in [-0.2, -0.15) is 5.10 Å². The van der Waals surface area contributed by atoms with Gasteiger partial charge in [-0.25, -0.2) is 0 Å². The highest BCUT2D eigenvalue weighted by Gasteiger charge is 2.04. The zero-order valence-electron chi connectivity index (χ0n) is 9.98. The first kappa shape index (κ1) is 12.2. The minimum absolute atomic E-state index is 0.299. The summed E-state index contributed by atoms with van der Waals surface area (Å²) in [5.74, 6) is 0. The Labute approximate surface area is 92.1 Å². The van der Waals surface area contributed by atoms with Crippen molar-refractivity contribution < 1.29 is 0 Å². The van der Waals surface area contributed by atoms with Crippen molar-refractivity contribution in [3.8, 4) is 0 Å². The van der Waals surface area contributed by atoms with Crippen molar-refractivity contribution >= 4 is 0 Å². The zero-order valence-corrected chi connectivity index (χ0v) is 9.98. The predicted molar refractivity (Wildman–Crippen MR) is 62.7 cm³/mol. The molecule has 0 saturated heterocycles. The first-order valence-corrected chi connectivity index (χ1v) is 5.45. The van der Waals surface area contributed by atoms with Gasteiger partial charge >= 0.3 is 0 Å². The number of hydrogen-bond acceptors (Lipinski definition) is 3. The van der Waals surface area contributed by atoms with Crippen molar-refractivity contribution in [1.82, 2.24) is 14.7 Å². The summed E-state index contributed by atoms with van der Waals surface area (Å²) in [6.45, 7) is 1.06. The minimum atomic E-state index is 0.299. The average Bonchev–Trinajstić information content (AvgIpc) is 2.58. The van der Waals surface area contributed by atoms with Crippen LogP contribution in [0.5, 0.6) is 0 Å². The summed E-state index contributed by atoms with van der Waals surface area (Å²) in [6, 6.07) is 0.299. The van der Waals surface area contributed by atoms with Gasteiger partial charge in [-0.15, -0.1) is 0 Å². The van der Waals surface area contributed by atoms with Crippen molar-refractivity contribution in [2.45, 2.75) is 25.3 Å². The second kappa shape index (κ2) is 5.88. The third-order valence-electron chi connectivity index (χ3n) is 2.51. The van der Waals surface area contributed by atoms with Crippen LogP contribution in [-0.2, 0) is 13.5 Å². The highest BCUT2D eigenvalue weighted by Crippen LogP contribution is 2.04. The van der Waals surface area contributed by atoms with Gasteiger partial charge in [-0.1, -0.05) is 0 Å². The highest BCUT2D eigenvalue weighted by atomic mass is 15.2. The van der Waals surface area contributed by atoms with E-state index in [4.69, 9.17) is 5.73 Å². The molecule has 0 aliphatic carbocycles. The van der Waals surface area contributed by atoms with Gasteiger partial charge in [0.2, 0.25) is 0 Å². The standard InChI is InChI=1S/C11H22N4/c1-14(2)7-6-11(12)5-4-10-8-13-15(3)9-10/h8-9,11H,4-7,12H2,1-3H3. The van der Waals surface area contributed by atoms with E-state index in [1.54, 1.807) is 0 Å². The quantitative estimate of drug-likeness (QED) is 0.749. The molecule has 1 aromatic rings. The molecule has 0 radical (unpaired) electrons.